The van der Waals surface area contributed by atoms with Crippen molar-refractivity contribution >= 4 is 6.09 Å². The van der Waals surface area contributed by atoms with Gasteiger partial charge in [0.05, 0.1) is 13.2 Å². The highest BCUT2D eigenvalue weighted by Crippen LogP contribution is 2.39. The summed E-state index contributed by atoms with van der Waals surface area (Å²) in [6.07, 6.45) is -3.11. The van der Waals surface area contributed by atoms with E-state index < -0.39 is 24.0 Å². The molecule has 1 aliphatic heterocycles. The summed E-state index contributed by atoms with van der Waals surface area (Å²) in [5.74, 6) is 0.284. The topological polar surface area (TPSA) is 88.4 Å². The number of likely N-dealkylation sites (tertiary alicyclic amines) is 1. The largest absolute Gasteiger partial charge is 0.453 e. The number of amides is 1. The molecule has 0 aliphatic carbocycles. The van der Waals surface area contributed by atoms with Crippen LogP contribution in [0.3, 0.4) is 0 Å². The summed E-state index contributed by atoms with van der Waals surface area (Å²) in [6.45, 7) is 0.303. The normalized spacial score (nSPS) is 20.8. The first-order valence-electron chi connectivity index (χ1n) is 7.85. The zero-order valence-corrected chi connectivity index (χ0v) is 13.7. The van der Waals surface area contributed by atoms with E-state index >= 15 is 0 Å². The van der Waals surface area contributed by atoms with Crippen LogP contribution in [-0.2, 0) is 10.9 Å². The number of aromatic nitrogens is 2. The number of pyridine rings is 1. The highest BCUT2D eigenvalue weighted by atomic mass is 19.4. The second-order valence-electron chi connectivity index (χ2n) is 5.99. The number of alkyl halides is 3. The molecule has 2 aromatic heterocycles. The Kier molecular flexibility index (Phi) is 4.75. The molecule has 2 atom stereocenters. The maximum atomic E-state index is 12.7. The van der Waals surface area contributed by atoms with Crippen molar-refractivity contribution in [2.45, 2.75) is 31.0 Å². The van der Waals surface area contributed by atoms with Crippen molar-refractivity contribution in [2.75, 3.05) is 13.7 Å². The SMILES string of the molecule is COC(=O)N1CC[C@@H](c2cc(=O)[nH]o2)C[C@@H]1c1ccc(C(F)(F)F)nc1. The molecule has 1 saturated heterocycles. The summed E-state index contributed by atoms with van der Waals surface area (Å²) < 4.78 is 48.1. The summed E-state index contributed by atoms with van der Waals surface area (Å²) in [4.78, 5) is 28.2. The number of H-pyrrole nitrogens is 1. The molecule has 3 heterocycles. The highest BCUT2D eigenvalue weighted by Gasteiger charge is 2.37. The van der Waals surface area contributed by atoms with E-state index in [9.17, 15) is 22.8 Å². The van der Waals surface area contributed by atoms with Crippen LogP contribution < -0.4 is 5.56 Å². The van der Waals surface area contributed by atoms with Crippen molar-refractivity contribution in [3.63, 3.8) is 0 Å². The lowest BCUT2D eigenvalue weighted by Crippen LogP contribution is -2.40. The fourth-order valence-electron chi connectivity index (χ4n) is 3.14. The molecule has 140 valence electrons. The van der Waals surface area contributed by atoms with E-state index in [1.165, 1.54) is 24.1 Å². The van der Waals surface area contributed by atoms with Crippen LogP contribution in [0.4, 0.5) is 18.0 Å². The third-order valence-electron chi connectivity index (χ3n) is 4.42. The van der Waals surface area contributed by atoms with Crippen LogP contribution in [0.5, 0.6) is 0 Å². The smallest absolute Gasteiger partial charge is 0.433 e. The Morgan fingerprint density at radius 1 is 1.42 bits per heavy atom. The predicted octanol–water partition coefficient (Wildman–Crippen LogP) is 3.07. The van der Waals surface area contributed by atoms with Crippen LogP contribution in [0.25, 0.3) is 0 Å². The Morgan fingerprint density at radius 2 is 2.19 bits per heavy atom. The lowest BCUT2D eigenvalue weighted by Gasteiger charge is -2.37. The zero-order chi connectivity index (χ0) is 18.9. The molecule has 1 N–H and O–H groups in total. The van der Waals surface area contributed by atoms with Gasteiger partial charge in [-0.3, -0.25) is 9.78 Å². The van der Waals surface area contributed by atoms with Crippen LogP contribution in [-0.4, -0.2) is 34.8 Å². The van der Waals surface area contributed by atoms with Crippen molar-refractivity contribution in [1.82, 2.24) is 15.0 Å². The van der Waals surface area contributed by atoms with E-state index in [2.05, 4.69) is 10.1 Å². The first-order chi connectivity index (χ1) is 12.3. The Hall–Kier alpha value is -2.78. The first kappa shape index (κ1) is 18.0. The van der Waals surface area contributed by atoms with Gasteiger partial charge in [0, 0.05) is 24.7 Å². The molecular weight excluding hydrogens is 355 g/mol. The van der Waals surface area contributed by atoms with Crippen molar-refractivity contribution < 1.29 is 27.2 Å². The molecule has 3 rings (SSSR count). The number of aromatic amines is 1. The van der Waals surface area contributed by atoms with Gasteiger partial charge in [0.15, 0.2) is 0 Å². The third kappa shape index (κ3) is 3.58. The number of carbonyl (C=O) groups is 1. The number of piperidine rings is 1. The molecule has 0 bridgehead atoms. The minimum atomic E-state index is -4.54. The van der Waals surface area contributed by atoms with Gasteiger partial charge < -0.3 is 14.2 Å². The molecule has 0 aromatic carbocycles. The van der Waals surface area contributed by atoms with Gasteiger partial charge in [-0.2, -0.15) is 18.3 Å². The molecule has 7 nitrogen and oxygen atoms in total. The van der Waals surface area contributed by atoms with Gasteiger partial charge in [-0.15, -0.1) is 0 Å². The first-order valence-corrected chi connectivity index (χ1v) is 7.85. The molecule has 2 aromatic rings. The van der Waals surface area contributed by atoms with E-state index in [0.717, 1.165) is 12.3 Å². The van der Waals surface area contributed by atoms with Crippen LogP contribution in [0.15, 0.2) is 33.7 Å². The summed E-state index contributed by atoms with van der Waals surface area (Å²) in [6, 6.07) is 2.97. The van der Waals surface area contributed by atoms with E-state index in [-0.39, 0.29) is 11.5 Å². The molecule has 1 aliphatic rings. The molecule has 0 radical (unpaired) electrons. The Balaban J connectivity index is 1.89. The number of hydrogen-bond acceptors (Lipinski definition) is 5. The molecule has 0 spiro atoms. The number of hydrogen-bond donors (Lipinski definition) is 1. The van der Waals surface area contributed by atoms with E-state index in [4.69, 9.17) is 9.26 Å². The standard InChI is InChI=1S/C16H16F3N3O4/c1-25-15(24)22-5-4-9(12-7-14(23)21-26-12)6-11(22)10-2-3-13(20-8-10)16(17,18)19/h2-3,7-9,11H,4-6H2,1H3,(H,21,23)/t9-,11-/m1/s1. The number of ether oxygens (including phenoxy) is 1. The quantitative estimate of drug-likeness (QED) is 0.877. The van der Waals surface area contributed by atoms with Gasteiger partial charge >= 0.3 is 12.3 Å². The second kappa shape index (κ2) is 6.85. The monoisotopic (exact) mass is 371 g/mol. The van der Waals surface area contributed by atoms with Crippen molar-refractivity contribution in [2.24, 2.45) is 0 Å². The van der Waals surface area contributed by atoms with Crippen molar-refractivity contribution in [1.29, 1.82) is 0 Å². The summed E-state index contributed by atoms with van der Waals surface area (Å²) in [5, 5.41) is 2.22. The fraction of sp³-hybridized carbons (Fsp3) is 0.438. The third-order valence-corrected chi connectivity index (χ3v) is 4.42. The number of nitrogens with zero attached hydrogens (tertiary/aromatic N) is 2. The van der Waals surface area contributed by atoms with Gasteiger partial charge in [-0.25, -0.2) is 4.79 Å². The highest BCUT2D eigenvalue weighted by molar-refractivity contribution is 5.68. The molecule has 10 heteroatoms. The Morgan fingerprint density at radius 3 is 2.73 bits per heavy atom. The maximum absolute atomic E-state index is 12.7. The Labute approximate surface area is 145 Å². The molecule has 0 unspecified atom stereocenters. The maximum Gasteiger partial charge on any atom is 0.433 e. The van der Waals surface area contributed by atoms with E-state index in [1.807, 2.05) is 0 Å². The van der Waals surface area contributed by atoms with Crippen LogP contribution in [0, 0.1) is 0 Å². The molecule has 26 heavy (non-hydrogen) atoms. The summed E-state index contributed by atoms with van der Waals surface area (Å²) >= 11 is 0. The minimum absolute atomic E-state index is 0.165. The number of methoxy groups -OCH3 is 1. The number of nitrogens with one attached hydrogen (secondary N) is 1. The molecular formula is C16H16F3N3O4. The summed E-state index contributed by atoms with van der Waals surface area (Å²) in [5.41, 5.74) is -0.927. The lowest BCUT2D eigenvalue weighted by molar-refractivity contribution is -0.141. The minimum Gasteiger partial charge on any atom is -0.453 e. The molecule has 1 amide bonds. The second-order valence-corrected chi connectivity index (χ2v) is 5.99. The molecule has 0 saturated carbocycles. The number of halogens is 3. The van der Waals surface area contributed by atoms with E-state index in [1.54, 1.807) is 0 Å². The van der Waals surface area contributed by atoms with Crippen molar-refractivity contribution in [3.05, 3.63) is 51.8 Å². The van der Waals surface area contributed by atoms with Gasteiger partial charge in [0.2, 0.25) is 0 Å². The predicted molar refractivity (Wildman–Crippen MR) is 82.4 cm³/mol. The Bertz CT molecular complexity index is 828. The zero-order valence-electron chi connectivity index (χ0n) is 13.7. The fourth-order valence-corrected chi connectivity index (χ4v) is 3.14. The number of rotatable bonds is 2. The average molecular weight is 371 g/mol. The average Bonchev–Trinajstić information content (AvgIpc) is 3.06. The van der Waals surface area contributed by atoms with Crippen LogP contribution in [0.2, 0.25) is 0 Å². The van der Waals surface area contributed by atoms with Gasteiger partial charge in [0.1, 0.15) is 11.5 Å². The number of carbonyl (C=O) groups excluding carboxylic acids is 1. The van der Waals surface area contributed by atoms with Gasteiger partial charge in [0.25, 0.3) is 5.56 Å². The van der Waals surface area contributed by atoms with Gasteiger partial charge in [-0.1, -0.05) is 6.07 Å². The van der Waals surface area contributed by atoms with Crippen LogP contribution in [0.1, 0.15) is 41.8 Å². The van der Waals surface area contributed by atoms with E-state index in [0.29, 0.717) is 30.7 Å². The lowest BCUT2D eigenvalue weighted by atomic mass is 9.86. The van der Waals surface area contributed by atoms with Crippen LogP contribution >= 0.6 is 0 Å². The molecule has 1 fully saturated rings. The van der Waals surface area contributed by atoms with Gasteiger partial charge in [-0.05, 0) is 24.5 Å². The van der Waals surface area contributed by atoms with Crippen molar-refractivity contribution in [3.8, 4) is 0 Å². The summed E-state index contributed by atoms with van der Waals surface area (Å²) in [7, 11) is 1.24.